The number of aryl methyl sites for hydroxylation is 1. The second-order valence-corrected chi connectivity index (χ2v) is 7.57. The Labute approximate surface area is 189 Å². The first-order valence-corrected chi connectivity index (χ1v) is 10.5. The summed E-state index contributed by atoms with van der Waals surface area (Å²) in [5, 5.41) is 16.0. The highest BCUT2D eigenvalue weighted by Crippen LogP contribution is 2.31. The number of rotatable bonds is 6. The lowest BCUT2D eigenvalue weighted by Crippen LogP contribution is -2.66. The number of aliphatic hydroxyl groups is 1. The highest BCUT2D eigenvalue weighted by Gasteiger charge is 2.44. The predicted octanol–water partition coefficient (Wildman–Crippen LogP) is 4.20. The summed E-state index contributed by atoms with van der Waals surface area (Å²) < 4.78 is 42.6. The lowest BCUT2D eigenvalue weighted by molar-refractivity contribution is -0.0707. The van der Waals surface area contributed by atoms with E-state index in [2.05, 4.69) is 20.6 Å². The molecule has 33 heavy (non-hydrogen) atoms. The number of aromatic amines is 1. The number of carbonyl (C=O) groups excluding carboxylic acids is 1. The molecule has 2 aromatic carbocycles. The third kappa shape index (κ3) is 5.28. The third-order valence-corrected chi connectivity index (χ3v) is 5.05. The summed E-state index contributed by atoms with van der Waals surface area (Å²) in [5.41, 5.74) is -1.26. The fourth-order valence-corrected chi connectivity index (χ4v) is 3.41. The predicted molar refractivity (Wildman–Crippen MR) is 120 cm³/mol. The lowest BCUT2D eigenvalue weighted by Gasteiger charge is -2.46. The lowest BCUT2D eigenvalue weighted by atomic mass is 9.93. The number of hydrogen-bond donors (Lipinski definition) is 4. The van der Waals surface area contributed by atoms with E-state index in [1.54, 1.807) is 25.4 Å². The van der Waals surface area contributed by atoms with Gasteiger partial charge in [0, 0.05) is 18.9 Å². The van der Waals surface area contributed by atoms with E-state index in [1.807, 2.05) is 13.8 Å². The minimum atomic E-state index is -1.29. The highest BCUT2D eigenvalue weighted by atomic mass is 19.2. The van der Waals surface area contributed by atoms with Gasteiger partial charge < -0.3 is 25.6 Å². The maximum atomic E-state index is 14.5. The van der Waals surface area contributed by atoms with Crippen molar-refractivity contribution in [3.8, 4) is 0 Å². The van der Waals surface area contributed by atoms with E-state index >= 15 is 0 Å². The molecule has 0 bridgehead atoms. The average Bonchev–Trinajstić information content (AvgIpc) is 3.30. The summed E-state index contributed by atoms with van der Waals surface area (Å²) in [6.45, 7) is 5.80. The van der Waals surface area contributed by atoms with Crippen LogP contribution in [0.4, 0.5) is 30.5 Å². The maximum Gasteiger partial charge on any atom is 0.256 e. The largest absolute Gasteiger partial charge is 0.384 e. The van der Waals surface area contributed by atoms with Crippen LogP contribution in [0, 0.1) is 24.4 Å². The summed E-state index contributed by atoms with van der Waals surface area (Å²) in [6, 6.07) is 6.19. The molecule has 0 atom stereocenters. The van der Waals surface area contributed by atoms with Crippen molar-refractivity contribution in [2.75, 3.05) is 30.3 Å². The quantitative estimate of drug-likeness (QED) is 0.442. The smallest absolute Gasteiger partial charge is 0.256 e. The molecule has 1 aliphatic heterocycles. The molecule has 2 heterocycles. The molecule has 0 unspecified atom stereocenters. The molecule has 4 rings (SSSR count). The SMILES string of the molecule is CC.Cc1ccc(Nc2c(C(=O)N3CC(O)(CNc4ncc[nH]4)C3)ccc(F)c2F)c(F)c1. The molecule has 3 aromatic rings. The monoisotopic (exact) mass is 461 g/mol. The zero-order valence-corrected chi connectivity index (χ0v) is 18.5. The number of anilines is 3. The Morgan fingerprint density at radius 3 is 2.55 bits per heavy atom. The Hall–Kier alpha value is -3.53. The van der Waals surface area contributed by atoms with Gasteiger partial charge >= 0.3 is 0 Å². The van der Waals surface area contributed by atoms with Crippen molar-refractivity contribution in [3.05, 3.63) is 71.3 Å². The number of nitrogens with one attached hydrogen (secondary N) is 3. The van der Waals surface area contributed by atoms with Crippen LogP contribution in [0.5, 0.6) is 0 Å². The van der Waals surface area contributed by atoms with Gasteiger partial charge in [0.05, 0.1) is 30.0 Å². The summed E-state index contributed by atoms with van der Waals surface area (Å²) in [7, 11) is 0. The van der Waals surface area contributed by atoms with Crippen LogP contribution in [0.25, 0.3) is 0 Å². The number of H-pyrrole nitrogens is 1. The van der Waals surface area contributed by atoms with E-state index in [4.69, 9.17) is 0 Å². The minimum absolute atomic E-state index is 0.0170. The number of benzene rings is 2. The molecule has 10 heteroatoms. The number of β-amino-alcohol motifs (C(OH)–C–C–N with tert-alkyl or cyclic N) is 1. The number of amides is 1. The number of carbonyl (C=O) groups is 1. The number of aromatic nitrogens is 2. The fourth-order valence-electron chi connectivity index (χ4n) is 3.41. The van der Waals surface area contributed by atoms with Crippen LogP contribution >= 0.6 is 0 Å². The van der Waals surface area contributed by atoms with Crippen molar-refractivity contribution in [1.82, 2.24) is 14.9 Å². The van der Waals surface area contributed by atoms with E-state index in [9.17, 15) is 23.1 Å². The molecule has 4 N–H and O–H groups in total. The summed E-state index contributed by atoms with van der Waals surface area (Å²) in [5.74, 6) is -3.26. The Kier molecular flexibility index (Phi) is 7.27. The first-order valence-electron chi connectivity index (χ1n) is 10.5. The van der Waals surface area contributed by atoms with E-state index in [-0.39, 0.29) is 30.9 Å². The standard InChI is InChI=1S/C21H20F3N5O2.C2H6/c1-12-2-5-16(15(23)8-12)28-18-13(3-4-14(22)17(18)24)19(30)29-10-21(31,11-29)9-27-20-25-6-7-26-20;1-2/h2-8,28,31H,9-11H2,1H3,(H2,25,26,27);1-2H3. The zero-order chi connectivity index (χ0) is 24.2. The van der Waals surface area contributed by atoms with Gasteiger partial charge in [-0.2, -0.15) is 0 Å². The third-order valence-electron chi connectivity index (χ3n) is 5.05. The van der Waals surface area contributed by atoms with E-state index < -0.39 is 34.6 Å². The number of hydrogen-bond acceptors (Lipinski definition) is 5. The van der Waals surface area contributed by atoms with E-state index in [0.29, 0.717) is 11.5 Å². The molecule has 0 saturated carbocycles. The highest BCUT2D eigenvalue weighted by molar-refractivity contribution is 6.01. The topological polar surface area (TPSA) is 93.3 Å². The Bertz CT molecular complexity index is 1120. The zero-order valence-electron chi connectivity index (χ0n) is 18.5. The van der Waals surface area contributed by atoms with Gasteiger partial charge in [-0.3, -0.25) is 4.79 Å². The summed E-state index contributed by atoms with van der Waals surface area (Å²) >= 11 is 0. The van der Waals surface area contributed by atoms with Crippen LogP contribution in [-0.4, -0.2) is 51.1 Å². The van der Waals surface area contributed by atoms with Gasteiger partial charge in [0.25, 0.3) is 5.91 Å². The molecule has 1 aromatic heterocycles. The van der Waals surface area contributed by atoms with Crippen LogP contribution in [0.3, 0.4) is 0 Å². The number of nitrogens with zero attached hydrogens (tertiary/aromatic N) is 2. The molecular weight excluding hydrogens is 435 g/mol. The van der Waals surface area contributed by atoms with Crippen LogP contribution in [0.15, 0.2) is 42.7 Å². The van der Waals surface area contributed by atoms with Crippen LogP contribution in [0.2, 0.25) is 0 Å². The molecule has 1 saturated heterocycles. The van der Waals surface area contributed by atoms with Gasteiger partial charge in [-0.15, -0.1) is 0 Å². The minimum Gasteiger partial charge on any atom is -0.384 e. The summed E-state index contributed by atoms with van der Waals surface area (Å²) in [6.07, 6.45) is 3.18. The van der Waals surface area contributed by atoms with Crippen molar-refractivity contribution in [1.29, 1.82) is 0 Å². The molecule has 0 radical (unpaired) electrons. The molecule has 0 aliphatic carbocycles. The average molecular weight is 461 g/mol. The maximum absolute atomic E-state index is 14.5. The van der Waals surface area contributed by atoms with Crippen LogP contribution in [-0.2, 0) is 0 Å². The number of halogens is 3. The van der Waals surface area contributed by atoms with Crippen molar-refractivity contribution >= 4 is 23.2 Å². The molecule has 176 valence electrons. The molecule has 7 nitrogen and oxygen atoms in total. The van der Waals surface area contributed by atoms with Gasteiger partial charge in [0.2, 0.25) is 0 Å². The van der Waals surface area contributed by atoms with Gasteiger partial charge in [-0.05, 0) is 36.8 Å². The van der Waals surface area contributed by atoms with Gasteiger partial charge in [0.15, 0.2) is 17.6 Å². The van der Waals surface area contributed by atoms with Crippen molar-refractivity contribution in [3.63, 3.8) is 0 Å². The number of imidazole rings is 1. The van der Waals surface area contributed by atoms with Crippen LogP contribution in [0.1, 0.15) is 29.8 Å². The fraction of sp³-hybridized carbons (Fsp3) is 0.304. The molecule has 1 amide bonds. The van der Waals surface area contributed by atoms with E-state index in [0.717, 1.165) is 12.1 Å². The van der Waals surface area contributed by atoms with Crippen molar-refractivity contribution in [2.24, 2.45) is 0 Å². The second-order valence-electron chi connectivity index (χ2n) is 7.57. The molecule has 0 spiro atoms. The molecular formula is C23H26F3N5O2. The van der Waals surface area contributed by atoms with E-state index in [1.165, 1.54) is 17.0 Å². The van der Waals surface area contributed by atoms with Gasteiger partial charge in [0.1, 0.15) is 11.4 Å². The Morgan fingerprint density at radius 1 is 1.18 bits per heavy atom. The van der Waals surface area contributed by atoms with Gasteiger partial charge in [-0.25, -0.2) is 18.2 Å². The summed E-state index contributed by atoms with van der Waals surface area (Å²) in [4.78, 5) is 21.0. The van der Waals surface area contributed by atoms with Crippen molar-refractivity contribution in [2.45, 2.75) is 26.4 Å². The molecule has 1 fully saturated rings. The molecule has 1 aliphatic rings. The first kappa shape index (κ1) is 24.1. The second kappa shape index (κ2) is 9.95. The van der Waals surface area contributed by atoms with Gasteiger partial charge in [-0.1, -0.05) is 19.9 Å². The number of likely N-dealkylation sites (tertiary alicyclic amines) is 1. The first-order chi connectivity index (χ1) is 15.8. The van der Waals surface area contributed by atoms with Crippen LogP contribution < -0.4 is 10.6 Å². The Morgan fingerprint density at radius 2 is 1.91 bits per heavy atom. The van der Waals surface area contributed by atoms with Crippen molar-refractivity contribution < 1.29 is 23.1 Å². The Balaban J connectivity index is 0.00000149. The normalized spacial score (nSPS) is 14.1.